The molecule has 8 heteroatoms. The molecule has 1 aliphatic rings. The van der Waals surface area contributed by atoms with Crippen molar-refractivity contribution in [2.24, 2.45) is 0 Å². The van der Waals surface area contributed by atoms with Crippen molar-refractivity contribution in [3.05, 3.63) is 65.6 Å². The summed E-state index contributed by atoms with van der Waals surface area (Å²) in [6, 6.07) is 9.05. The number of aryl methyl sites for hydroxylation is 1. The van der Waals surface area contributed by atoms with Gasteiger partial charge in [-0.1, -0.05) is 24.3 Å². The number of rotatable bonds is 1. The van der Waals surface area contributed by atoms with Crippen LogP contribution in [-0.2, 0) is 6.42 Å². The summed E-state index contributed by atoms with van der Waals surface area (Å²) in [5.41, 5.74) is 1.28. The number of alkyl halides is 3. The molecule has 0 radical (unpaired) electrons. The smallest absolute Gasteiger partial charge is 0.356 e. The van der Waals surface area contributed by atoms with Gasteiger partial charge in [-0.3, -0.25) is 0 Å². The number of carbonyl (C=O) groups is 1. The van der Waals surface area contributed by atoms with Crippen LogP contribution in [0.4, 0.5) is 28.0 Å². The van der Waals surface area contributed by atoms with Gasteiger partial charge in [0.2, 0.25) is 0 Å². The van der Waals surface area contributed by atoms with Crippen LogP contribution in [0.25, 0.3) is 10.9 Å². The summed E-state index contributed by atoms with van der Waals surface area (Å²) < 4.78 is 55.5. The number of halogens is 4. The van der Waals surface area contributed by atoms with Crippen molar-refractivity contribution in [1.29, 1.82) is 0 Å². The zero-order valence-electron chi connectivity index (χ0n) is 14.7. The number of aromatic nitrogens is 1. The van der Waals surface area contributed by atoms with Crippen LogP contribution >= 0.6 is 0 Å². The molecule has 1 unspecified atom stereocenters. The maximum absolute atomic E-state index is 14.0. The van der Waals surface area contributed by atoms with Gasteiger partial charge in [0, 0.05) is 23.1 Å². The molecule has 0 fully saturated rings. The fourth-order valence-electron chi connectivity index (χ4n) is 3.76. The molecule has 4 nitrogen and oxygen atoms in total. The number of fused-ring (bicyclic) bond motifs is 3. The van der Waals surface area contributed by atoms with E-state index in [9.17, 15) is 22.4 Å². The Morgan fingerprint density at radius 1 is 1.14 bits per heavy atom. The largest absolute Gasteiger partial charge is 0.414 e. The fraction of sp³-hybridized carbons (Fsp3) is 0.250. The summed E-state index contributed by atoms with van der Waals surface area (Å²) in [7, 11) is 0. The molecule has 2 aromatic carbocycles. The Hall–Kier alpha value is -3.03. The minimum absolute atomic E-state index is 0.0133. The molecule has 3 aromatic rings. The minimum atomic E-state index is -4.67. The van der Waals surface area contributed by atoms with E-state index in [0.717, 1.165) is 16.4 Å². The highest BCUT2D eigenvalue weighted by Crippen LogP contribution is 2.43. The lowest BCUT2D eigenvalue weighted by Gasteiger charge is -2.31. The molecule has 2 amide bonds. The average molecular weight is 391 g/mol. The van der Waals surface area contributed by atoms with Crippen LogP contribution in [0.1, 0.15) is 23.7 Å². The molecule has 2 N–H and O–H groups in total. The molecule has 2 heterocycles. The lowest BCUT2D eigenvalue weighted by atomic mass is 10.0. The van der Waals surface area contributed by atoms with Gasteiger partial charge in [0.25, 0.3) is 0 Å². The first-order valence-corrected chi connectivity index (χ1v) is 8.84. The van der Waals surface area contributed by atoms with Gasteiger partial charge >= 0.3 is 12.2 Å². The summed E-state index contributed by atoms with van der Waals surface area (Å²) in [6.45, 7) is -0.0673. The number of para-hydroxylation sites is 1. The van der Waals surface area contributed by atoms with Crippen LogP contribution < -0.4 is 5.32 Å². The van der Waals surface area contributed by atoms with E-state index in [-0.39, 0.29) is 17.9 Å². The highest BCUT2D eigenvalue weighted by Gasteiger charge is 2.49. The molecule has 0 aliphatic carbocycles. The molecular weight excluding hydrogens is 374 g/mol. The molecule has 28 heavy (non-hydrogen) atoms. The third-order valence-corrected chi connectivity index (χ3v) is 4.90. The van der Waals surface area contributed by atoms with Crippen molar-refractivity contribution >= 4 is 22.6 Å². The summed E-state index contributed by atoms with van der Waals surface area (Å²) in [6.07, 6.45) is -3.85. The van der Waals surface area contributed by atoms with E-state index < -0.39 is 24.1 Å². The predicted molar refractivity (Wildman–Crippen MR) is 97.5 cm³/mol. The first-order chi connectivity index (χ1) is 13.3. The molecule has 0 spiro atoms. The van der Waals surface area contributed by atoms with Crippen LogP contribution in [0.15, 0.2) is 48.5 Å². The second kappa shape index (κ2) is 6.85. The van der Waals surface area contributed by atoms with Crippen molar-refractivity contribution in [1.82, 2.24) is 9.88 Å². The zero-order chi connectivity index (χ0) is 19.9. The van der Waals surface area contributed by atoms with Crippen LogP contribution in [0.3, 0.4) is 0 Å². The zero-order valence-corrected chi connectivity index (χ0v) is 14.7. The van der Waals surface area contributed by atoms with Crippen molar-refractivity contribution in [3.63, 3.8) is 0 Å². The van der Waals surface area contributed by atoms with Crippen molar-refractivity contribution in [2.45, 2.75) is 25.1 Å². The lowest BCUT2D eigenvalue weighted by molar-refractivity contribution is -0.178. The standard InChI is InChI=1S/C20H17F4N3O/c21-12-5-3-6-13(11-12)25-19(28)27-10-4-8-15-14-7-1-2-9-16(14)26-17(15)18(27)20(22,23)24/h1-3,5-7,9,11,18,26H,4,8,10H2,(H,25,28). The molecule has 146 valence electrons. The Morgan fingerprint density at radius 3 is 2.68 bits per heavy atom. The Kier molecular flexibility index (Phi) is 4.49. The van der Waals surface area contributed by atoms with E-state index in [0.29, 0.717) is 23.9 Å². The topological polar surface area (TPSA) is 48.1 Å². The summed E-state index contributed by atoms with van der Waals surface area (Å²) in [5, 5.41) is 3.12. The lowest BCUT2D eigenvalue weighted by Crippen LogP contribution is -2.44. The van der Waals surface area contributed by atoms with E-state index in [4.69, 9.17) is 0 Å². The third-order valence-electron chi connectivity index (χ3n) is 4.90. The number of anilines is 1. The number of nitrogens with zero attached hydrogens (tertiary/aromatic N) is 1. The van der Waals surface area contributed by atoms with E-state index in [2.05, 4.69) is 10.3 Å². The first-order valence-electron chi connectivity index (χ1n) is 8.84. The maximum atomic E-state index is 14.0. The van der Waals surface area contributed by atoms with E-state index in [1.165, 1.54) is 18.2 Å². The predicted octanol–water partition coefficient (Wildman–Crippen LogP) is 5.39. The van der Waals surface area contributed by atoms with Gasteiger partial charge < -0.3 is 15.2 Å². The minimum Gasteiger partial charge on any atom is -0.356 e. The number of amides is 2. The quantitative estimate of drug-likeness (QED) is 0.537. The fourth-order valence-corrected chi connectivity index (χ4v) is 3.76. The molecule has 1 aromatic heterocycles. The van der Waals surface area contributed by atoms with Crippen molar-refractivity contribution in [3.8, 4) is 0 Å². The number of H-pyrrole nitrogens is 1. The number of hydrogen-bond donors (Lipinski definition) is 2. The highest BCUT2D eigenvalue weighted by atomic mass is 19.4. The summed E-state index contributed by atoms with van der Waals surface area (Å²) >= 11 is 0. The maximum Gasteiger partial charge on any atom is 0.414 e. The van der Waals surface area contributed by atoms with Crippen LogP contribution in [0, 0.1) is 5.82 Å². The van der Waals surface area contributed by atoms with Gasteiger partial charge in [0.05, 0.1) is 5.69 Å². The Labute approximate surface area is 158 Å². The normalized spacial score (nSPS) is 17.3. The molecule has 0 saturated heterocycles. The summed E-state index contributed by atoms with van der Waals surface area (Å²) in [5.74, 6) is -0.584. The highest BCUT2D eigenvalue weighted by molar-refractivity contribution is 5.90. The number of urea groups is 1. The van der Waals surface area contributed by atoms with Crippen LogP contribution in [0.5, 0.6) is 0 Å². The Morgan fingerprint density at radius 2 is 1.93 bits per heavy atom. The molecule has 0 bridgehead atoms. The second-order valence-electron chi connectivity index (χ2n) is 6.74. The molecular formula is C20H17F4N3O. The molecule has 4 rings (SSSR count). The van der Waals surface area contributed by atoms with Gasteiger partial charge in [0.1, 0.15) is 5.82 Å². The Balaban J connectivity index is 1.75. The second-order valence-corrected chi connectivity index (χ2v) is 6.74. The van der Waals surface area contributed by atoms with Gasteiger partial charge in [-0.25, -0.2) is 9.18 Å². The first kappa shape index (κ1) is 18.3. The van der Waals surface area contributed by atoms with Crippen molar-refractivity contribution < 1.29 is 22.4 Å². The number of nitrogens with one attached hydrogen (secondary N) is 2. The van der Waals surface area contributed by atoms with Gasteiger partial charge in [-0.15, -0.1) is 0 Å². The van der Waals surface area contributed by atoms with Crippen LogP contribution in [-0.4, -0.2) is 28.6 Å². The SMILES string of the molecule is O=C(Nc1cccc(F)c1)N1CCCc2c([nH]c3ccccc23)C1C(F)(F)F. The number of hydrogen-bond acceptors (Lipinski definition) is 1. The third kappa shape index (κ3) is 3.30. The number of carbonyl (C=O) groups excluding carboxylic acids is 1. The number of aromatic amines is 1. The van der Waals surface area contributed by atoms with Gasteiger partial charge in [0.15, 0.2) is 6.04 Å². The average Bonchev–Trinajstić information content (AvgIpc) is 2.86. The van der Waals surface area contributed by atoms with E-state index >= 15 is 0 Å². The van der Waals surface area contributed by atoms with E-state index in [1.54, 1.807) is 24.3 Å². The monoisotopic (exact) mass is 391 g/mol. The van der Waals surface area contributed by atoms with Crippen molar-refractivity contribution in [2.75, 3.05) is 11.9 Å². The molecule has 1 aliphatic heterocycles. The molecule has 1 atom stereocenters. The summed E-state index contributed by atoms with van der Waals surface area (Å²) in [4.78, 5) is 16.3. The number of benzene rings is 2. The van der Waals surface area contributed by atoms with Gasteiger partial charge in [-0.05, 0) is 42.7 Å². The Bertz CT molecular complexity index is 1030. The van der Waals surface area contributed by atoms with Crippen LogP contribution in [0.2, 0.25) is 0 Å². The van der Waals surface area contributed by atoms with E-state index in [1.807, 2.05) is 0 Å². The molecule has 0 saturated carbocycles. The van der Waals surface area contributed by atoms with Gasteiger partial charge in [-0.2, -0.15) is 13.2 Å².